The van der Waals surface area contributed by atoms with Gasteiger partial charge in [0.2, 0.25) is 5.91 Å². The average molecular weight is 492 g/mol. The Morgan fingerprint density at radius 3 is 1.84 bits per heavy atom. The quantitative estimate of drug-likeness (QED) is 0.222. The number of amides is 2. The van der Waals surface area contributed by atoms with Gasteiger partial charge in [-0.3, -0.25) is 24.5 Å². The van der Waals surface area contributed by atoms with Crippen molar-refractivity contribution < 1.29 is 19.3 Å². The molecule has 0 aliphatic carbocycles. The normalized spacial score (nSPS) is 22.8. The molecule has 0 bridgehead atoms. The molecular weight excluding hydrogens is 470 g/mol. The van der Waals surface area contributed by atoms with Crippen LogP contribution in [0.2, 0.25) is 0 Å². The monoisotopic (exact) mass is 491 g/mol. The largest absolute Gasteiger partial charge is 0.273 e. The van der Waals surface area contributed by atoms with Gasteiger partial charge in [0.15, 0.2) is 6.10 Å². The van der Waals surface area contributed by atoms with Crippen molar-refractivity contribution in [1.29, 1.82) is 0 Å². The van der Waals surface area contributed by atoms with Gasteiger partial charge < -0.3 is 0 Å². The summed E-state index contributed by atoms with van der Waals surface area (Å²) in [5, 5.41) is 13.0. The molecule has 37 heavy (non-hydrogen) atoms. The van der Waals surface area contributed by atoms with E-state index in [1.807, 2.05) is 66.7 Å². The Hall–Kier alpha value is -4.82. The third kappa shape index (κ3) is 3.34. The van der Waals surface area contributed by atoms with Crippen LogP contribution >= 0.6 is 0 Å². The topological polar surface area (TPSA) is 93.0 Å². The number of hydroxylamine groups is 1. The van der Waals surface area contributed by atoms with Crippen LogP contribution in [0.15, 0.2) is 115 Å². The first-order valence-electron chi connectivity index (χ1n) is 11.8. The Morgan fingerprint density at radius 1 is 0.730 bits per heavy atom. The first-order valence-corrected chi connectivity index (χ1v) is 11.8. The van der Waals surface area contributed by atoms with E-state index >= 15 is 0 Å². The van der Waals surface area contributed by atoms with Crippen molar-refractivity contribution in [3.63, 3.8) is 0 Å². The molecule has 0 unspecified atom stereocenters. The number of carbonyl (C=O) groups excluding carboxylic acids is 2. The lowest BCUT2D eigenvalue weighted by atomic mass is 9.69. The maximum atomic E-state index is 14.6. The van der Waals surface area contributed by atoms with Crippen LogP contribution in [-0.4, -0.2) is 22.8 Å². The van der Waals surface area contributed by atoms with Crippen LogP contribution in [0.4, 0.5) is 17.1 Å². The summed E-state index contributed by atoms with van der Waals surface area (Å²) < 4.78 is 0. The van der Waals surface area contributed by atoms with Crippen LogP contribution in [0.3, 0.4) is 0 Å². The van der Waals surface area contributed by atoms with E-state index in [9.17, 15) is 19.7 Å². The number of hydrogen-bond donors (Lipinski definition) is 0. The molecule has 8 heteroatoms. The van der Waals surface area contributed by atoms with E-state index < -0.39 is 34.3 Å². The number of benzene rings is 4. The predicted molar refractivity (Wildman–Crippen MR) is 137 cm³/mol. The molecule has 2 heterocycles. The number of nitro groups is 1. The summed E-state index contributed by atoms with van der Waals surface area (Å²) in [6.07, 6.45) is -1.19. The second kappa shape index (κ2) is 8.69. The Labute approximate surface area is 212 Å². The van der Waals surface area contributed by atoms with Crippen molar-refractivity contribution in [3.8, 4) is 0 Å². The van der Waals surface area contributed by atoms with Crippen molar-refractivity contribution >= 4 is 28.9 Å². The molecule has 0 aromatic heterocycles. The fraction of sp³-hybridized carbons (Fsp3) is 0.103. The maximum Gasteiger partial charge on any atom is 0.269 e. The number of fused-ring (bicyclic) bond motifs is 1. The van der Waals surface area contributed by atoms with Gasteiger partial charge in [-0.1, -0.05) is 78.9 Å². The zero-order valence-corrected chi connectivity index (χ0v) is 19.5. The standard InChI is InChI=1S/C29H21N3O5/c33-27-26-29(21-16-18-24(19-17-21)32(35)36,28(34)30(27)22-12-6-2-7-13-22)25(20-10-4-1-5-11-20)31(37-26)23-14-8-3-9-15-23/h1-19,25-26H/t25-,26-,29+/m1/s1. The van der Waals surface area contributed by atoms with E-state index in [0.717, 1.165) is 5.56 Å². The van der Waals surface area contributed by atoms with Crippen LogP contribution < -0.4 is 9.96 Å². The molecule has 2 fully saturated rings. The van der Waals surface area contributed by atoms with Gasteiger partial charge >= 0.3 is 0 Å². The summed E-state index contributed by atoms with van der Waals surface area (Å²) in [4.78, 5) is 47.0. The summed E-state index contributed by atoms with van der Waals surface area (Å²) >= 11 is 0. The number of nitro benzene ring substituents is 1. The van der Waals surface area contributed by atoms with Crippen LogP contribution in [0, 0.1) is 10.1 Å². The van der Waals surface area contributed by atoms with Gasteiger partial charge in [0.05, 0.1) is 16.3 Å². The predicted octanol–water partition coefficient (Wildman–Crippen LogP) is 4.97. The van der Waals surface area contributed by atoms with Crippen molar-refractivity contribution in [2.24, 2.45) is 0 Å². The van der Waals surface area contributed by atoms with Crippen LogP contribution in [-0.2, 0) is 19.8 Å². The minimum atomic E-state index is -1.50. The van der Waals surface area contributed by atoms with E-state index in [1.165, 1.54) is 17.0 Å². The lowest BCUT2D eigenvalue weighted by molar-refractivity contribution is -0.384. The molecule has 4 aromatic carbocycles. The van der Waals surface area contributed by atoms with Crippen molar-refractivity contribution in [2.75, 3.05) is 9.96 Å². The minimum absolute atomic E-state index is 0.108. The Bertz CT molecular complexity index is 1480. The van der Waals surface area contributed by atoms with Crippen LogP contribution in [0.25, 0.3) is 0 Å². The Morgan fingerprint density at radius 2 is 1.27 bits per heavy atom. The number of para-hydroxylation sites is 2. The molecule has 2 saturated heterocycles. The molecule has 2 amide bonds. The summed E-state index contributed by atoms with van der Waals surface area (Å²) in [6.45, 7) is 0. The number of non-ortho nitro benzene ring substituents is 1. The third-order valence-corrected chi connectivity index (χ3v) is 7.00. The fourth-order valence-corrected chi connectivity index (χ4v) is 5.39. The van der Waals surface area contributed by atoms with Crippen molar-refractivity contribution in [1.82, 2.24) is 0 Å². The van der Waals surface area contributed by atoms with E-state index in [2.05, 4.69) is 0 Å². The zero-order chi connectivity index (χ0) is 25.6. The summed E-state index contributed by atoms with van der Waals surface area (Å²) in [6, 6.07) is 32.5. The van der Waals surface area contributed by atoms with Gasteiger partial charge in [-0.15, -0.1) is 0 Å². The molecule has 0 N–H and O–H groups in total. The van der Waals surface area contributed by atoms with Crippen LogP contribution in [0.1, 0.15) is 17.2 Å². The summed E-state index contributed by atoms with van der Waals surface area (Å²) in [7, 11) is 0. The van der Waals surface area contributed by atoms with E-state index in [-0.39, 0.29) is 5.69 Å². The number of anilines is 2. The molecule has 182 valence electrons. The first kappa shape index (κ1) is 22.6. The SMILES string of the molecule is O=C1[C@H]2ON(c3ccccc3)[C@H](c3ccccc3)[C@]2(c2ccc([N+](=O)[O-])cc2)C(=O)N1c1ccccc1. The van der Waals surface area contributed by atoms with Crippen molar-refractivity contribution in [3.05, 3.63) is 137 Å². The molecule has 0 spiro atoms. The molecule has 2 aliphatic heterocycles. The first-order chi connectivity index (χ1) is 18.0. The molecular formula is C29H21N3O5. The van der Waals surface area contributed by atoms with Crippen molar-refractivity contribution in [2.45, 2.75) is 17.6 Å². The highest BCUT2D eigenvalue weighted by Crippen LogP contribution is 2.57. The number of rotatable bonds is 5. The highest BCUT2D eigenvalue weighted by Gasteiger charge is 2.72. The Kier molecular flexibility index (Phi) is 5.31. The molecule has 0 saturated carbocycles. The second-order valence-corrected chi connectivity index (χ2v) is 8.95. The number of carbonyl (C=O) groups is 2. The smallest absolute Gasteiger partial charge is 0.269 e. The molecule has 3 atom stereocenters. The fourth-order valence-electron chi connectivity index (χ4n) is 5.39. The molecule has 6 rings (SSSR count). The van der Waals surface area contributed by atoms with Crippen LogP contribution in [0.5, 0.6) is 0 Å². The molecule has 2 aliphatic rings. The van der Waals surface area contributed by atoms with Gasteiger partial charge in [0.25, 0.3) is 11.6 Å². The van der Waals surface area contributed by atoms with E-state index in [0.29, 0.717) is 16.9 Å². The second-order valence-electron chi connectivity index (χ2n) is 8.95. The van der Waals surface area contributed by atoms with Gasteiger partial charge in [0.1, 0.15) is 11.5 Å². The Balaban J connectivity index is 1.62. The van der Waals surface area contributed by atoms with E-state index in [4.69, 9.17) is 4.84 Å². The van der Waals surface area contributed by atoms with Gasteiger partial charge in [-0.25, -0.2) is 9.96 Å². The van der Waals surface area contributed by atoms with Gasteiger partial charge in [-0.2, -0.15) is 0 Å². The number of hydrogen-bond acceptors (Lipinski definition) is 6. The highest BCUT2D eigenvalue weighted by molar-refractivity contribution is 6.28. The average Bonchev–Trinajstić information content (AvgIpc) is 3.41. The highest BCUT2D eigenvalue weighted by atomic mass is 16.7. The van der Waals surface area contributed by atoms with Gasteiger partial charge in [-0.05, 0) is 35.4 Å². The molecule has 0 radical (unpaired) electrons. The molecule has 4 aromatic rings. The third-order valence-electron chi connectivity index (χ3n) is 7.00. The number of nitrogens with zero attached hydrogens (tertiary/aromatic N) is 3. The number of imide groups is 1. The minimum Gasteiger partial charge on any atom is -0.273 e. The molecule has 8 nitrogen and oxygen atoms in total. The lowest BCUT2D eigenvalue weighted by Crippen LogP contribution is -2.46. The maximum absolute atomic E-state index is 14.6. The summed E-state index contributed by atoms with van der Waals surface area (Å²) in [5.41, 5.74) is 0.742. The zero-order valence-electron chi connectivity index (χ0n) is 19.5. The lowest BCUT2D eigenvalue weighted by Gasteiger charge is -2.35. The summed E-state index contributed by atoms with van der Waals surface area (Å²) in [5.74, 6) is -0.941. The van der Waals surface area contributed by atoms with Gasteiger partial charge in [0, 0.05) is 12.1 Å². The van der Waals surface area contributed by atoms with E-state index in [1.54, 1.807) is 41.5 Å².